The summed E-state index contributed by atoms with van der Waals surface area (Å²) in [4.78, 5) is 11.8. The Morgan fingerprint density at radius 3 is 1.68 bits per heavy atom. The van der Waals surface area contributed by atoms with Crippen molar-refractivity contribution >= 4 is 6.09 Å². The molecule has 0 aliphatic heterocycles. The molecule has 0 bridgehead atoms. The van der Waals surface area contributed by atoms with Crippen LogP contribution in [0.2, 0.25) is 0 Å². The molecule has 9 heteroatoms. The van der Waals surface area contributed by atoms with E-state index in [1.807, 2.05) is 20.8 Å². The predicted octanol–water partition coefficient (Wildman–Crippen LogP) is 2.15. The average Bonchev–Trinajstić information content (AvgIpc) is 2.70. The second-order valence-electron chi connectivity index (χ2n) is 8.61. The average molecular weight is 450 g/mol. The van der Waals surface area contributed by atoms with E-state index in [4.69, 9.17) is 33.5 Å². The number of alkyl carbamates (subject to hydrolysis) is 1. The number of aliphatic hydroxyl groups is 1. The first-order valence-electron chi connectivity index (χ1n) is 11.4. The summed E-state index contributed by atoms with van der Waals surface area (Å²) in [5, 5.41) is 11.5. The molecule has 31 heavy (non-hydrogen) atoms. The quantitative estimate of drug-likeness (QED) is 0.326. The lowest BCUT2D eigenvalue weighted by Crippen LogP contribution is -2.41. The Hall–Kier alpha value is -0.970. The second-order valence-corrected chi connectivity index (χ2v) is 8.61. The maximum Gasteiger partial charge on any atom is 0.407 e. The van der Waals surface area contributed by atoms with Crippen LogP contribution in [0.4, 0.5) is 4.79 Å². The maximum absolute atomic E-state index is 11.8. The third-order valence-electron chi connectivity index (χ3n) is 4.64. The van der Waals surface area contributed by atoms with Crippen molar-refractivity contribution in [2.75, 3.05) is 72.7 Å². The zero-order valence-electron chi connectivity index (χ0n) is 19.6. The summed E-state index contributed by atoms with van der Waals surface area (Å²) < 4.78 is 32.4. The first-order chi connectivity index (χ1) is 14.9. The normalized spacial score (nSPS) is 19.4. The number of nitrogens with one attached hydrogen (secondary N) is 1. The van der Waals surface area contributed by atoms with Gasteiger partial charge >= 0.3 is 6.09 Å². The molecule has 1 aliphatic carbocycles. The molecular formula is C22H43NO8. The first kappa shape index (κ1) is 28.1. The van der Waals surface area contributed by atoms with Crippen molar-refractivity contribution in [3.8, 4) is 0 Å². The lowest BCUT2D eigenvalue weighted by Gasteiger charge is -2.30. The summed E-state index contributed by atoms with van der Waals surface area (Å²) in [6.45, 7) is 10.9. The highest BCUT2D eigenvalue weighted by Crippen LogP contribution is 2.24. The summed E-state index contributed by atoms with van der Waals surface area (Å²) in [5.74, 6) is 0.536. The highest BCUT2D eigenvalue weighted by Gasteiger charge is 2.24. The van der Waals surface area contributed by atoms with Gasteiger partial charge < -0.3 is 38.8 Å². The Kier molecular flexibility index (Phi) is 15.9. The number of hydrogen-bond acceptors (Lipinski definition) is 8. The van der Waals surface area contributed by atoms with Crippen molar-refractivity contribution < 1.29 is 38.3 Å². The minimum absolute atomic E-state index is 0.0320. The molecule has 0 aromatic heterocycles. The minimum atomic E-state index is -0.464. The number of ether oxygens (including phenoxy) is 6. The largest absolute Gasteiger partial charge is 0.444 e. The van der Waals surface area contributed by atoms with Crippen LogP contribution in [0.3, 0.4) is 0 Å². The van der Waals surface area contributed by atoms with Gasteiger partial charge in [0.2, 0.25) is 0 Å². The van der Waals surface area contributed by atoms with E-state index in [1.165, 1.54) is 0 Å². The zero-order valence-corrected chi connectivity index (χ0v) is 19.6. The molecule has 0 aromatic carbocycles. The van der Waals surface area contributed by atoms with Crippen LogP contribution in [0.25, 0.3) is 0 Å². The summed E-state index contributed by atoms with van der Waals surface area (Å²) in [5.41, 5.74) is -0.464. The van der Waals surface area contributed by atoms with Crippen LogP contribution in [-0.4, -0.2) is 95.5 Å². The maximum atomic E-state index is 11.8. The summed E-state index contributed by atoms with van der Waals surface area (Å²) in [6, 6.07) is 0.194. The highest BCUT2D eigenvalue weighted by atomic mass is 16.6. The van der Waals surface area contributed by atoms with Crippen molar-refractivity contribution in [3.05, 3.63) is 0 Å². The van der Waals surface area contributed by atoms with E-state index in [0.29, 0.717) is 65.4 Å². The third-order valence-corrected chi connectivity index (χ3v) is 4.64. The van der Waals surface area contributed by atoms with Crippen LogP contribution >= 0.6 is 0 Å². The van der Waals surface area contributed by atoms with Crippen molar-refractivity contribution in [1.29, 1.82) is 0 Å². The molecule has 0 aromatic rings. The number of amides is 1. The molecule has 0 atom stereocenters. The van der Waals surface area contributed by atoms with E-state index in [0.717, 1.165) is 32.3 Å². The van der Waals surface area contributed by atoms with E-state index in [2.05, 4.69) is 5.32 Å². The van der Waals surface area contributed by atoms with Crippen molar-refractivity contribution in [2.24, 2.45) is 5.92 Å². The van der Waals surface area contributed by atoms with Gasteiger partial charge in [-0.3, -0.25) is 0 Å². The summed E-state index contributed by atoms with van der Waals surface area (Å²) >= 11 is 0. The van der Waals surface area contributed by atoms with Crippen LogP contribution in [0, 0.1) is 5.92 Å². The van der Waals surface area contributed by atoms with E-state index in [1.54, 1.807) is 0 Å². The predicted molar refractivity (Wildman–Crippen MR) is 116 cm³/mol. The Morgan fingerprint density at radius 2 is 1.23 bits per heavy atom. The van der Waals surface area contributed by atoms with E-state index in [-0.39, 0.29) is 18.7 Å². The molecule has 0 heterocycles. The van der Waals surface area contributed by atoms with Crippen LogP contribution in [-0.2, 0) is 28.4 Å². The number of rotatable bonds is 17. The molecular weight excluding hydrogens is 406 g/mol. The van der Waals surface area contributed by atoms with Crippen LogP contribution in [0.1, 0.15) is 46.5 Å². The number of hydrogen-bond donors (Lipinski definition) is 2. The molecule has 0 unspecified atom stereocenters. The second kappa shape index (κ2) is 17.6. The van der Waals surface area contributed by atoms with Gasteiger partial charge in [0, 0.05) is 12.6 Å². The molecule has 1 aliphatic rings. The van der Waals surface area contributed by atoms with E-state index < -0.39 is 5.60 Å². The smallest absolute Gasteiger partial charge is 0.407 e. The molecule has 1 fully saturated rings. The monoisotopic (exact) mass is 449 g/mol. The summed E-state index contributed by atoms with van der Waals surface area (Å²) in [6.07, 6.45) is 3.68. The molecule has 0 radical (unpaired) electrons. The van der Waals surface area contributed by atoms with Gasteiger partial charge in [-0.1, -0.05) is 0 Å². The van der Waals surface area contributed by atoms with Gasteiger partial charge in [-0.2, -0.15) is 0 Å². The Morgan fingerprint density at radius 1 is 0.774 bits per heavy atom. The first-order valence-corrected chi connectivity index (χ1v) is 11.4. The molecule has 2 N–H and O–H groups in total. The fourth-order valence-electron chi connectivity index (χ4n) is 3.14. The van der Waals surface area contributed by atoms with E-state index in [9.17, 15) is 4.79 Å². The number of carbonyl (C=O) groups excluding carboxylic acids is 1. The van der Waals surface area contributed by atoms with Crippen molar-refractivity contribution in [1.82, 2.24) is 5.32 Å². The van der Waals surface area contributed by atoms with Crippen molar-refractivity contribution in [3.63, 3.8) is 0 Å². The van der Waals surface area contributed by atoms with Crippen LogP contribution in [0.15, 0.2) is 0 Å². The molecule has 184 valence electrons. The van der Waals surface area contributed by atoms with Gasteiger partial charge in [0.25, 0.3) is 0 Å². The Balaban J connectivity index is 1.84. The zero-order chi connectivity index (χ0) is 22.8. The lowest BCUT2D eigenvalue weighted by molar-refractivity contribution is -0.0166. The minimum Gasteiger partial charge on any atom is -0.444 e. The number of carbonyl (C=O) groups is 1. The SMILES string of the molecule is CC(C)(C)OC(=O)N[C@H]1CC[C@H](COCCOCCOCCOCCOCCO)CC1. The lowest BCUT2D eigenvalue weighted by atomic mass is 9.86. The van der Waals surface area contributed by atoms with Crippen molar-refractivity contribution in [2.45, 2.75) is 58.1 Å². The van der Waals surface area contributed by atoms with Gasteiger partial charge in [-0.05, 0) is 52.4 Å². The molecule has 1 rings (SSSR count). The standard InChI is InChI=1S/C22H43NO8/c1-22(2,3)31-21(25)23-20-6-4-19(5-7-20)18-30-17-16-29-15-14-28-13-12-27-11-10-26-9-8-24/h19-20,24H,4-18H2,1-3H3,(H,23,25)/t19-,20-. The number of aliphatic hydroxyl groups excluding tert-OH is 1. The van der Waals surface area contributed by atoms with Gasteiger partial charge in [-0.25, -0.2) is 4.79 Å². The third kappa shape index (κ3) is 17.3. The Bertz CT molecular complexity index is 436. The fraction of sp³-hybridized carbons (Fsp3) is 0.955. The van der Waals surface area contributed by atoms with Crippen LogP contribution < -0.4 is 5.32 Å². The van der Waals surface area contributed by atoms with Crippen LogP contribution in [0.5, 0.6) is 0 Å². The fourth-order valence-corrected chi connectivity index (χ4v) is 3.14. The van der Waals surface area contributed by atoms with Gasteiger partial charge in [-0.15, -0.1) is 0 Å². The van der Waals surface area contributed by atoms with Gasteiger partial charge in [0.15, 0.2) is 0 Å². The molecule has 1 saturated carbocycles. The topological polar surface area (TPSA) is 105 Å². The molecule has 0 saturated heterocycles. The van der Waals surface area contributed by atoms with E-state index >= 15 is 0 Å². The van der Waals surface area contributed by atoms with Gasteiger partial charge in [0.05, 0.1) is 66.1 Å². The summed E-state index contributed by atoms with van der Waals surface area (Å²) in [7, 11) is 0. The molecule has 1 amide bonds. The highest BCUT2D eigenvalue weighted by molar-refractivity contribution is 5.68. The Labute approximate surface area is 187 Å². The van der Waals surface area contributed by atoms with Gasteiger partial charge in [0.1, 0.15) is 5.60 Å². The molecule has 0 spiro atoms. The molecule has 9 nitrogen and oxygen atoms in total.